The van der Waals surface area contributed by atoms with Gasteiger partial charge < -0.3 is 10.5 Å². The molecule has 0 aliphatic rings. The molecule has 20 heavy (non-hydrogen) atoms. The van der Waals surface area contributed by atoms with Gasteiger partial charge in [-0.1, -0.05) is 36.7 Å². The first kappa shape index (κ1) is 17.5. The molecule has 2 unspecified atom stereocenters. The average Bonchev–Trinajstić information content (AvgIpc) is 2.39. The van der Waals surface area contributed by atoms with Gasteiger partial charge in [0.15, 0.2) is 0 Å². The lowest BCUT2D eigenvalue weighted by Gasteiger charge is -2.40. The largest absolute Gasteiger partial charge is 0.497 e. The Balaban J connectivity index is 3.13. The van der Waals surface area contributed by atoms with E-state index in [0.29, 0.717) is 12.6 Å². The second kappa shape index (κ2) is 6.92. The van der Waals surface area contributed by atoms with Gasteiger partial charge in [-0.3, -0.25) is 4.90 Å². The number of nitrogens with zero attached hydrogens (tertiary/aromatic N) is 1. The van der Waals surface area contributed by atoms with Gasteiger partial charge in [-0.15, -0.1) is 0 Å². The zero-order valence-corrected chi connectivity index (χ0v) is 15.0. The van der Waals surface area contributed by atoms with Crippen molar-refractivity contribution in [2.45, 2.75) is 39.8 Å². The molecule has 0 fully saturated rings. The lowest BCUT2D eigenvalue weighted by molar-refractivity contribution is 0.0997. The number of hydrogen-bond acceptors (Lipinski definition) is 3. The molecule has 0 aromatic heterocycles. The lowest BCUT2D eigenvalue weighted by atomic mass is 9.86. The van der Waals surface area contributed by atoms with E-state index in [4.69, 9.17) is 10.5 Å². The van der Waals surface area contributed by atoms with E-state index in [1.165, 1.54) is 5.56 Å². The highest BCUT2D eigenvalue weighted by Gasteiger charge is 2.29. The van der Waals surface area contributed by atoms with Crippen LogP contribution in [0.15, 0.2) is 22.7 Å². The zero-order chi connectivity index (χ0) is 15.5. The second-order valence-electron chi connectivity index (χ2n) is 6.35. The fourth-order valence-electron chi connectivity index (χ4n) is 2.30. The van der Waals surface area contributed by atoms with Gasteiger partial charge in [0.1, 0.15) is 5.75 Å². The van der Waals surface area contributed by atoms with E-state index >= 15 is 0 Å². The van der Waals surface area contributed by atoms with Gasteiger partial charge >= 0.3 is 0 Å². The van der Waals surface area contributed by atoms with Gasteiger partial charge in [-0.05, 0) is 43.1 Å². The van der Waals surface area contributed by atoms with Crippen LogP contribution in [0.25, 0.3) is 0 Å². The monoisotopic (exact) mass is 342 g/mol. The van der Waals surface area contributed by atoms with Crippen LogP contribution in [-0.2, 0) is 0 Å². The summed E-state index contributed by atoms with van der Waals surface area (Å²) in [5.74, 6) is 0.860. The minimum absolute atomic E-state index is 0.161. The summed E-state index contributed by atoms with van der Waals surface area (Å²) < 4.78 is 6.40. The highest BCUT2D eigenvalue weighted by Crippen LogP contribution is 2.34. The van der Waals surface area contributed by atoms with E-state index in [2.05, 4.69) is 61.6 Å². The molecule has 3 nitrogen and oxygen atoms in total. The molecule has 0 radical (unpaired) electrons. The molecular weight excluding hydrogens is 316 g/mol. The van der Waals surface area contributed by atoms with E-state index in [1.807, 2.05) is 12.1 Å². The van der Waals surface area contributed by atoms with Gasteiger partial charge in [-0.25, -0.2) is 0 Å². The molecule has 2 atom stereocenters. The van der Waals surface area contributed by atoms with Crippen molar-refractivity contribution in [3.8, 4) is 5.75 Å². The number of benzene rings is 1. The zero-order valence-electron chi connectivity index (χ0n) is 13.4. The van der Waals surface area contributed by atoms with Crippen molar-refractivity contribution in [2.75, 3.05) is 20.7 Å². The number of rotatable bonds is 5. The van der Waals surface area contributed by atoms with Crippen molar-refractivity contribution in [1.29, 1.82) is 0 Å². The molecule has 0 saturated carbocycles. The molecule has 0 heterocycles. The van der Waals surface area contributed by atoms with E-state index < -0.39 is 0 Å². The Hall–Kier alpha value is -0.580. The first-order valence-corrected chi connectivity index (χ1v) is 7.77. The van der Waals surface area contributed by atoms with E-state index in [-0.39, 0.29) is 11.5 Å². The molecule has 1 rings (SSSR count). The topological polar surface area (TPSA) is 38.5 Å². The van der Waals surface area contributed by atoms with Crippen LogP contribution in [0.5, 0.6) is 5.75 Å². The molecular formula is C16H27BrN2O. The van der Waals surface area contributed by atoms with Crippen LogP contribution in [0, 0.1) is 5.41 Å². The summed E-state index contributed by atoms with van der Waals surface area (Å²) in [5.41, 5.74) is 7.42. The minimum atomic E-state index is 0.161. The Morgan fingerprint density at radius 3 is 2.40 bits per heavy atom. The molecule has 1 aromatic rings. The van der Waals surface area contributed by atoms with Crippen LogP contribution < -0.4 is 10.5 Å². The summed E-state index contributed by atoms with van der Waals surface area (Å²) in [6.45, 7) is 9.58. The van der Waals surface area contributed by atoms with Crippen LogP contribution in [0.3, 0.4) is 0 Å². The van der Waals surface area contributed by atoms with Crippen molar-refractivity contribution in [3.63, 3.8) is 0 Å². The van der Waals surface area contributed by atoms with Gasteiger partial charge in [0.25, 0.3) is 0 Å². The molecule has 1 aromatic carbocycles. The fourth-order valence-corrected chi connectivity index (χ4v) is 2.81. The first-order valence-electron chi connectivity index (χ1n) is 6.97. The Kier molecular flexibility index (Phi) is 6.05. The smallest absolute Gasteiger partial charge is 0.119 e. The van der Waals surface area contributed by atoms with Crippen LogP contribution in [0.4, 0.5) is 0 Å². The maximum absolute atomic E-state index is 6.04. The molecule has 4 heteroatoms. The predicted octanol–water partition coefficient (Wildman–Crippen LogP) is 3.82. The van der Waals surface area contributed by atoms with Crippen LogP contribution in [-0.4, -0.2) is 31.6 Å². The van der Waals surface area contributed by atoms with E-state index in [1.54, 1.807) is 7.11 Å². The van der Waals surface area contributed by atoms with Gasteiger partial charge in [0.2, 0.25) is 0 Å². The quantitative estimate of drug-likeness (QED) is 0.883. The molecule has 0 saturated heterocycles. The van der Waals surface area contributed by atoms with Crippen molar-refractivity contribution >= 4 is 15.9 Å². The van der Waals surface area contributed by atoms with E-state index in [9.17, 15) is 0 Å². The standard InChI is InChI=1S/C16H27BrN2O/c1-11(16(2,3)4)19(5)15(10-18)13-9-12(20-6)7-8-14(13)17/h7-9,11,15H,10,18H2,1-6H3. The fraction of sp³-hybridized carbons (Fsp3) is 0.625. The van der Waals surface area contributed by atoms with Crippen LogP contribution in [0.1, 0.15) is 39.3 Å². The third-order valence-corrected chi connectivity index (χ3v) is 4.86. The molecule has 0 spiro atoms. The Bertz CT molecular complexity index is 443. The molecule has 2 N–H and O–H groups in total. The van der Waals surface area contributed by atoms with E-state index in [0.717, 1.165) is 10.2 Å². The summed E-state index contributed by atoms with van der Waals surface area (Å²) in [6, 6.07) is 6.61. The normalized spacial score (nSPS) is 15.2. The van der Waals surface area contributed by atoms with Gasteiger partial charge in [-0.2, -0.15) is 0 Å². The number of likely N-dealkylation sites (N-methyl/N-ethyl adjacent to an activating group) is 1. The van der Waals surface area contributed by atoms with Crippen LogP contribution >= 0.6 is 15.9 Å². The molecule has 114 valence electrons. The van der Waals surface area contributed by atoms with Gasteiger partial charge in [0, 0.05) is 23.1 Å². The summed E-state index contributed by atoms with van der Waals surface area (Å²) in [5, 5.41) is 0. The number of methoxy groups -OCH3 is 1. The lowest BCUT2D eigenvalue weighted by Crippen LogP contribution is -2.43. The van der Waals surface area contributed by atoms with Crippen molar-refractivity contribution in [2.24, 2.45) is 11.1 Å². The van der Waals surface area contributed by atoms with Crippen molar-refractivity contribution in [3.05, 3.63) is 28.2 Å². The van der Waals surface area contributed by atoms with Crippen LogP contribution in [0.2, 0.25) is 0 Å². The van der Waals surface area contributed by atoms with Gasteiger partial charge in [0.05, 0.1) is 7.11 Å². The Labute approximate surface area is 131 Å². The average molecular weight is 343 g/mol. The van der Waals surface area contributed by atoms with Crippen molar-refractivity contribution in [1.82, 2.24) is 4.90 Å². The molecule has 0 aliphatic carbocycles. The Morgan fingerprint density at radius 1 is 1.35 bits per heavy atom. The first-order chi connectivity index (χ1) is 9.22. The predicted molar refractivity (Wildman–Crippen MR) is 89.2 cm³/mol. The third kappa shape index (κ3) is 3.96. The number of halogens is 1. The SMILES string of the molecule is COc1ccc(Br)c(C(CN)N(C)C(C)C(C)(C)C)c1. The maximum atomic E-state index is 6.04. The molecule has 0 aliphatic heterocycles. The van der Waals surface area contributed by atoms with Crippen molar-refractivity contribution < 1.29 is 4.74 Å². The number of hydrogen-bond donors (Lipinski definition) is 1. The number of ether oxygens (including phenoxy) is 1. The third-order valence-electron chi connectivity index (χ3n) is 4.14. The minimum Gasteiger partial charge on any atom is -0.497 e. The Morgan fingerprint density at radius 2 is 1.95 bits per heavy atom. The summed E-state index contributed by atoms with van der Waals surface area (Å²) in [7, 11) is 3.82. The number of nitrogens with two attached hydrogens (primary N) is 1. The summed E-state index contributed by atoms with van der Waals surface area (Å²) in [4.78, 5) is 2.35. The highest BCUT2D eigenvalue weighted by molar-refractivity contribution is 9.10. The molecule has 0 bridgehead atoms. The highest BCUT2D eigenvalue weighted by atomic mass is 79.9. The maximum Gasteiger partial charge on any atom is 0.119 e. The second-order valence-corrected chi connectivity index (χ2v) is 7.20. The summed E-state index contributed by atoms with van der Waals surface area (Å²) in [6.07, 6.45) is 0. The molecule has 0 amide bonds. The summed E-state index contributed by atoms with van der Waals surface area (Å²) >= 11 is 3.63.